The lowest BCUT2D eigenvalue weighted by atomic mass is 10.1. The number of carbonyl (C=O) groups is 1. The molecule has 1 N–H and O–H groups in total. The number of amides is 1. The molecule has 5 nitrogen and oxygen atoms in total. The van der Waals surface area contributed by atoms with Crippen molar-refractivity contribution in [2.75, 3.05) is 20.3 Å². The number of amidine groups is 1. The molecular formula is C17H23F2N3O2. The van der Waals surface area contributed by atoms with Gasteiger partial charge in [-0.15, -0.1) is 0 Å². The molecule has 1 saturated heterocycles. The van der Waals surface area contributed by atoms with Crippen LogP contribution >= 0.6 is 0 Å². The van der Waals surface area contributed by atoms with Crippen LogP contribution in [-0.2, 0) is 16.1 Å². The molecule has 1 unspecified atom stereocenters. The van der Waals surface area contributed by atoms with E-state index in [4.69, 9.17) is 10.1 Å². The first kappa shape index (κ1) is 18.3. The summed E-state index contributed by atoms with van der Waals surface area (Å²) in [6.07, 6.45) is 0.818. The first-order valence-electron chi connectivity index (χ1n) is 7.98. The summed E-state index contributed by atoms with van der Waals surface area (Å²) in [5.41, 5.74) is 0.480. The maximum atomic E-state index is 13.4. The summed E-state index contributed by atoms with van der Waals surface area (Å²) >= 11 is 0. The monoisotopic (exact) mass is 339 g/mol. The topological polar surface area (TPSA) is 56.6 Å². The average Bonchev–Trinajstić information content (AvgIpc) is 2.57. The maximum Gasteiger partial charge on any atom is 0.289 e. The number of hydrogen-bond donors (Lipinski definition) is 1. The van der Waals surface area contributed by atoms with Gasteiger partial charge in [-0.1, -0.05) is 13.0 Å². The van der Waals surface area contributed by atoms with Crippen molar-refractivity contribution < 1.29 is 18.3 Å². The van der Waals surface area contributed by atoms with Gasteiger partial charge in [0.2, 0.25) is 0 Å². The van der Waals surface area contributed by atoms with Crippen LogP contribution < -0.4 is 0 Å². The summed E-state index contributed by atoms with van der Waals surface area (Å²) in [7, 11) is 1.55. The van der Waals surface area contributed by atoms with Crippen molar-refractivity contribution in [2.24, 2.45) is 0 Å². The van der Waals surface area contributed by atoms with Crippen LogP contribution in [0.1, 0.15) is 25.8 Å². The van der Waals surface area contributed by atoms with Crippen LogP contribution in [0.3, 0.4) is 0 Å². The van der Waals surface area contributed by atoms with Gasteiger partial charge in [0, 0.05) is 26.2 Å². The van der Waals surface area contributed by atoms with Crippen molar-refractivity contribution in [3.8, 4) is 0 Å². The van der Waals surface area contributed by atoms with Crippen molar-refractivity contribution in [2.45, 2.75) is 38.9 Å². The third-order valence-electron chi connectivity index (χ3n) is 4.42. The van der Waals surface area contributed by atoms with E-state index in [0.717, 1.165) is 18.6 Å². The molecule has 1 heterocycles. The van der Waals surface area contributed by atoms with Crippen molar-refractivity contribution in [3.63, 3.8) is 0 Å². The highest BCUT2D eigenvalue weighted by molar-refractivity contribution is 6.37. The molecule has 2 rings (SSSR count). The van der Waals surface area contributed by atoms with Crippen molar-refractivity contribution >= 4 is 11.7 Å². The van der Waals surface area contributed by atoms with Crippen molar-refractivity contribution in [1.82, 2.24) is 9.80 Å². The summed E-state index contributed by atoms with van der Waals surface area (Å²) in [5.74, 6) is -2.36. The molecule has 0 spiro atoms. The Labute approximate surface area is 140 Å². The number of halogens is 2. The van der Waals surface area contributed by atoms with Gasteiger partial charge in [-0.25, -0.2) is 8.78 Å². The number of nitrogens with one attached hydrogen (secondary N) is 1. The SMILES string of the molecule is CCC(C)N1C[C@H](COC)N(Cc2ccc(F)c(F)c2)C(=O)C1=N. The highest BCUT2D eigenvalue weighted by atomic mass is 19.2. The smallest absolute Gasteiger partial charge is 0.289 e. The van der Waals surface area contributed by atoms with Crippen LogP contribution in [0.2, 0.25) is 0 Å². The number of benzene rings is 1. The quantitative estimate of drug-likeness (QED) is 0.866. The highest BCUT2D eigenvalue weighted by Gasteiger charge is 2.38. The third-order valence-corrected chi connectivity index (χ3v) is 4.42. The zero-order chi connectivity index (χ0) is 17.9. The zero-order valence-electron chi connectivity index (χ0n) is 14.2. The van der Waals surface area contributed by atoms with Gasteiger partial charge in [0.05, 0.1) is 12.6 Å². The fraction of sp³-hybridized carbons (Fsp3) is 0.529. The molecule has 1 aromatic rings. The number of piperazine rings is 1. The van der Waals surface area contributed by atoms with E-state index < -0.39 is 17.5 Å². The molecule has 7 heteroatoms. The highest BCUT2D eigenvalue weighted by Crippen LogP contribution is 2.20. The third kappa shape index (κ3) is 3.72. The van der Waals surface area contributed by atoms with Crippen LogP contribution in [-0.4, -0.2) is 53.9 Å². The van der Waals surface area contributed by atoms with Gasteiger partial charge < -0.3 is 14.5 Å². The van der Waals surface area contributed by atoms with Crippen LogP contribution in [0.25, 0.3) is 0 Å². The van der Waals surface area contributed by atoms with Gasteiger partial charge in [-0.3, -0.25) is 10.2 Å². The van der Waals surface area contributed by atoms with Crippen LogP contribution in [0.5, 0.6) is 0 Å². The van der Waals surface area contributed by atoms with Gasteiger partial charge in [-0.05, 0) is 31.0 Å². The largest absolute Gasteiger partial charge is 0.382 e. The zero-order valence-corrected chi connectivity index (χ0v) is 14.2. The minimum atomic E-state index is -0.948. The van der Waals surface area contributed by atoms with E-state index in [1.165, 1.54) is 11.0 Å². The summed E-state index contributed by atoms with van der Waals surface area (Å²) in [5, 5.41) is 8.14. The molecule has 0 aromatic heterocycles. The molecule has 0 radical (unpaired) electrons. The minimum absolute atomic E-state index is 0.0701. The molecule has 0 aliphatic carbocycles. The predicted octanol–water partition coefficient (Wildman–Crippen LogP) is 2.40. The molecule has 1 amide bonds. The van der Waals surface area contributed by atoms with E-state index in [-0.39, 0.29) is 24.5 Å². The second-order valence-electron chi connectivity index (χ2n) is 6.05. The number of nitrogens with zero attached hydrogens (tertiary/aromatic N) is 2. The Bertz CT molecular complexity index is 624. The Balaban J connectivity index is 2.24. The van der Waals surface area contributed by atoms with Gasteiger partial charge in [0.1, 0.15) is 0 Å². The molecule has 24 heavy (non-hydrogen) atoms. The second kappa shape index (κ2) is 7.70. The van der Waals surface area contributed by atoms with Gasteiger partial charge in [-0.2, -0.15) is 0 Å². The lowest BCUT2D eigenvalue weighted by Crippen LogP contribution is -2.62. The van der Waals surface area contributed by atoms with Gasteiger partial charge >= 0.3 is 0 Å². The Morgan fingerprint density at radius 2 is 2.08 bits per heavy atom. The summed E-state index contributed by atoms with van der Waals surface area (Å²) in [4.78, 5) is 15.9. The molecule has 1 aromatic carbocycles. The Morgan fingerprint density at radius 3 is 2.67 bits per heavy atom. The van der Waals surface area contributed by atoms with E-state index in [2.05, 4.69) is 0 Å². The van der Waals surface area contributed by atoms with Crippen LogP contribution in [0.4, 0.5) is 8.78 Å². The second-order valence-corrected chi connectivity index (χ2v) is 6.05. The molecule has 1 aliphatic heterocycles. The molecule has 1 aliphatic rings. The summed E-state index contributed by atoms with van der Waals surface area (Å²) < 4.78 is 31.7. The normalized spacial score (nSPS) is 19.8. The van der Waals surface area contributed by atoms with E-state index in [1.807, 2.05) is 13.8 Å². The molecular weight excluding hydrogens is 316 g/mol. The number of rotatable bonds is 6. The number of carbonyl (C=O) groups excluding carboxylic acids is 1. The van der Waals surface area contributed by atoms with Crippen LogP contribution in [0, 0.1) is 17.0 Å². The Kier molecular flexibility index (Phi) is 5.88. The Hall–Kier alpha value is -2.02. The predicted molar refractivity (Wildman–Crippen MR) is 86.8 cm³/mol. The van der Waals surface area contributed by atoms with E-state index in [9.17, 15) is 13.6 Å². The Morgan fingerprint density at radius 1 is 1.38 bits per heavy atom. The lowest BCUT2D eigenvalue weighted by Gasteiger charge is -2.44. The molecule has 0 bridgehead atoms. The van der Waals surface area contributed by atoms with Crippen molar-refractivity contribution in [1.29, 1.82) is 5.41 Å². The number of ether oxygens (including phenoxy) is 1. The van der Waals surface area contributed by atoms with Gasteiger partial charge in [0.25, 0.3) is 5.91 Å². The standard InChI is InChI=1S/C17H23F2N3O2/c1-4-11(2)21-9-13(10-24-3)22(17(23)16(21)20)8-12-5-6-14(18)15(19)7-12/h5-7,11,13,20H,4,8-10H2,1-3H3/t11?,13-/m1/s1. The lowest BCUT2D eigenvalue weighted by molar-refractivity contribution is -0.132. The van der Waals surface area contributed by atoms with E-state index >= 15 is 0 Å². The van der Waals surface area contributed by atoms with Crippen molar-refractivity contribution in [3.05, 3.63) is 35.4 Å². The molecule has 1 fully saturated rings. The number of methoxy groups -OCH3 is 1. The average molecular weight is 339 g/mol. The fourth-order valence-corrected chi connectivity index (χ4v) is 2.83. The molecule has 132 valence electrons. The first-order chi connectivity index (χ1) is 11.4. The molecule has 0 saturated carbocycles. The first-order valence-corrected chi connectivity index (χ1v) is 7.98. The van der Waals surface area contributed by atoms with E-state index in [0.29, 0.717) is 18.7 Å². The fourth-order valence-electron chi connectivity index (χ4n) is 2.83. The number of hydrogen-bond acceptors (Lipinski definition) is 3. The minimum Gasteiger partial charge on any atom is -0.382 e. The molecule has 2 atom stereocenters. The van der Waals surface area contributed by atoms with E-state index in [1.54, 1.807) is 12.0 Å². The summed E-state index contributed by atoms with van der Waals surface area (Å²) in [6.45, 7) is 4.88. The van der Waals surface area contributed by atoms with Crippen LogP contribution in [0.15, 0.2) is 18.2 Å². The maximum absolute atomic E-state index is 13.4. The summed E-state index contributed by atoms with van der Waals surface area (Å²) in [6, 6.07) is 3.39. The van der Waals surface area contributed by atoms with Gasteiger partial charge in [0.15, 0.2) is 17.5 Å².